The minimum absolute atomic E-state index is 0.131. The molecule has 0 spiro atoms. The van der Waals surface area contributed by atoms with Crippen molar-refractivity contribution >= 4 is 5.91 Å². The van der Waals surface area contributed by atoms with E-state index in [-0.39, 0.29) is 11.9 Å². The number of hydrogen-bond acceptors (Lipinski definition) is 3. The smallest absolute Gasteiger partial charge is 0.242 e. The van der Waals surface area contributed by atoms with E-state index in [1.807, 2.05) is 41.3 Å². The number of carbonyl (C=O) groups is 1. The molecule has 1 N–H and O–H groups in total. The highest BCUT2D eigenvalue weighted by molar-refractivity contribution is 5.82. The summed E-state index contributed by atoms with van der Waals surface area (Å²) in [6.07, 6.45) is 2.68. The Morgan fingerprint density at radius 3 is 2.95 bits per heavy atom. The summed E-state index contributed by atoms with van der Waals surface area (Å²) in [4.78, 5) is 14.1. The molecule has 2 rings (SSSR count). The summed E-state index contributed by atoms with van der Waals surface area (Å²) in [5.74, 6) is 0.131. The normalized spacial score (nSPS) is 19.1. The van der Waals surface area contributed by atoms with E-state index in [0.29, 0.717) is 13.2 Å². The molecule has 1 saturated heterocycles. The number of carbonyl (C=O) groups excluding carboxylic acids is 1. The van der Waals surface area contributed by atoms with Crippen LogP contribution in [0.1, 0.15) is 12.0 Å². The number of ether oxygens (including phenoxy) is 1. The third kappa shape index (κ3) is 4.18. The molecule has 1 amide bonds. The average molecular weight is 274 g/mol. The fourth-order valence-electron chi connectivity index (χ4n) is 2.26. The Bertz CT molecular complexity index is 433. The van der Waals surface area contributed by atoms with Crippen LogP contribution in [0.3, 0.4) is 0 Å². The van der Waals surface area contributed by atoms with E-state index in [2.05, 4.69) is 11.9 Å². The van der Waals surface area contributed by atoms with Crippen molar-refractivity contribution in [2.75, 3.05) is 26.2 Å². The average Bonchev–Trinajstić information content (AvgIpc) is 2.49. The van der Waals surface area contributed by atoms with Gasteiger partial charge in [-0.2, -0.15) is 0 Å². The van der Waals surface area contributed by atoms with Gasteiger partial charge < -0.3 is 15.0 Å². The van der Waals surface area contributed by atoms with Gasteiger partial charge in [-0.05, 0) is 12.0 Å². The van der Waals surface area contributed by atoms with Crippen molar-refractivity contribution in [3.8, 4) is 0 Å². The molecule has 0 radical (unpaired) electrons. The Balaban J connectivity index is 1.77. The van der Waals surface area contributed by atoms with Gasteiger partial charge in [0, 0.05) is 19.6 Å². The molecular weight excluding hydrogens is 252 g/mol. The molecule has 1 atom stereocenters. The summed E-state index contributed by atoms with van der Waals surface area (Å²) >= 11 is 0. The molecule has 0 bridgehead atoms. The highest BCUT2D eigenvalue weighted by Crippen LogP contribution is 2.06. The molecule has 4 heteroatoms. The molecule has 0 saturated carbocycles. The quantitative estimate of drug-likeness (QED) is 0.768. The number of amides is 1. The van der Waals surface area contributed by atoms with Gasteiger partial charge in [-0.15, -0.1) is 6.58 Å². The molecule has 1 heterocycles. The molecule has 4 nitrogen and oxygen atoms in total. The Morgan fingerprint density at radius 2 is 2.20 bits per heavy atom. The fourth-order valence-corrected chi connectivity index (χ4v) is 2.26. The van der Waals surface area contributed by atoms with E-state index in [0.717, 1.165) is 31.6 Å². The first-order valence-corrected chi connectivity index (χ1v) is 7.06. The Morgan fingerprint density at radius 1 is 1.40 bits per heavy atom. The first-order chi connectivity index (χ1) is 9.81. The molecule has 1 aromatic rings. The summed E-state index contributed by atoms with van der Waals surface area (Å²) in [6.45, 7) is 6.99. The maximum absolute atomic E-state index is 12.2. The summed E-state index contributed by atoms with van der Waals surface area (Å²) in [7, 11) is 0. The Labute approximate surface area is 120 Å². The van der Waals surface area contributed by atoms with Crippen LogP contribution in [0, 0.1) is 0 Å². The number of piperazine rings is 1. The lowest BCUT2D eigenvalue weighted by atomic mass is 10.2. The zero-order valence-electron chi connectivity index (χ0n) is 11.8. The zero-order chi connectivity index (χ0) is 14.2. The molecule has 1 aliphatic rings. The lowest BCUT2D eigenvalue weighted by Crippen LogP contribution is -2.56. The maximum Gasteiger partial charge on any atom is 0.242 e. The van der Waals surface area contributed by atoms with E-state index in [9.17, 15) is 4.79 Å². The lowest BCUT2D eigenvalue weighted by Gasteiger charge is -2.32. The molecule has 1 aromatic carbocycles. The van der Waals surface area contributed by atoms with Crippen LogP contribution in [0.4, 0.5) is 0 Å². The fraction of sp³-hybridized carbons (Fsp3) is 0.438. The second-order valence-electron chi connectivity index (χ2n) is 4.91. The molecule has 108 valence electrons. The monoisotopic (exact) mass is 274 g/mol. The molecule has 0 aliphatic carbocycles. The van der Waals surface area contributed by atoms with Crippen molar-refractivity contribution in [2.24, 2.45) is 0 Å². The van der Waals surface area contributed by atoms with Crippen LogP contribution in [0.5, 0.6) is 0 Å². The highest BCUT2D eigenvalue weighted by Gasteiger charge is 2.27. The number of rotatable bonds is 7. The van der Waals surface area contributed by atoms with Crippen LogP contribution in [-0.4, -0.2) is 43.1 Å². The van der Waals surface area contributed by atoms with Crippen LogP contribution < -0.4 is 5.32 Å². The van der Waals surface area contributed by atoms with Gasteiger partial charge in [0.2, 0.25) is 5.91 Å². The standard InChI is InChI=1S/C16H22N2O2/c1-2-3-10-18-11-9-17-15(16(18)19)13-20-12-14-7-5-4-6-8-14/h2,4-8,15,17H,1,3,9-13H2. The topological polar surface area (TPSA) is 41.6 Å². The van der Waals surface area contributed by atoms with Gasteiger partial charge in [-0.1, -0.05) is 36.4 Å². The van der Waals surface area contributed by atoms with Gasteiger partial charge in [0.15, 0.2) is 0 Å². The predicted molar refractivity (Wildman–Crippen MR) is 79.3 cm³/mol. The van der Waals surface area contributed by atoms with Crippen molar-refractivity contribution in [1.82, 2.24) is 10.2 Å². The van der Waals surface area contributed by atoms with E-state index < -0.39 is 0 Å². The number of benzene rings is 1. The van der Waals surface area contributed by atoms with Gasteiger partial charge >= 0.3 is 0 Å². The van der Waals surface area contributed by atoms with Crippen molar-refractivity contribution < 1.29 is 9.53 Å². The van der Waals surface area contributed by atoms with Gasteiger partial charge in [0.05, 0.1) is 13.2 Å². The largest absolute Gasteiger partial charge is 0.375 e. The number of nitrogens with one attached hydrogen (secondary N) is 1. The van der Waals surface area contributed by atoms with Crippen LogP contribution >= 0.6 is 0 Å². The lowest BCUT2D eigenvalue weighted by molar-refractivity contribution is -0.137. The second-order valence-corrected chi connectivity index (χ2v) is 4.91. The summed E-state index contributed by atoms with van der Waals surface area (Å²) < 4.78 is 5.65. The van der Waals surface area contributed by atoms with Crippen LogP contribution in [0.15, 0.2) is 43.0 Å². The number of hydrogen-bond donors (Lipinski definition) is 1. The van der Waals surface area contributed by atoms with Crippen LogP contribution in [-0.2, 0) is 16.1 Å². The van der Waals surface area contributed by atoms with E-state index in [1.165, 1.54) is 0 Å². The third-order valence-electron chi connectivity index (χ3n) is 3.38. The van der Waals surface area contributed by atoms with Crippen molar-refractivity contribution in [3.63, 3.8) is 0 Å². The van der Waals surface area contributed by atoms with Gasteiger partial charge in [-0.3, -0.25) is 4.79 Å². The van der Waals surface area contributed by atoms with E-state index in [4.69, 9.17) is 4.74 Å². The summed E-state index contributed by atoms with van der Waals surface area (Å²) in [6, 6.07) is 9.77. The molecule has 1 unspecified atom stereocenters. The van der Waals surface area contributed by atoms with Crippen LogP contribution in [0.25, 0.3) is 0 Å². The number of nitrogens with zero attached hydrogens (tertiary/aromatic N) is 1. The SMILES string of the molecule is C=CCCN1CCNC(COCc2ccccc2)C1=O. The second kappa shape index (κ2) is 7.82. The van der Waals surface area contributed by atoms with E-state index >= 15 is 0 Å². The first kappa shape index (κ1) is 14.8. The Kier molecular flexibility index (Phi) is 5.77. The van der Waals surface area contributed by atoms with E-state index in [1.54, 1.807) is 0 Å². The third-order valence-corrected chi connectivity index (χ3v) is 3.38. The Hall–Kier alpha value is -1.65. The zero-order valence-corrected chi connectivity index (χ0v) is 11.8. The van der Waals surface area contributed by atoms with Crippen LogP contribution in [0.2, 0.25) is 0 Å². The maximum atomic E-state index is 12.2. The van der Waals surface area contributed by atoms with Gasteiger partial charge in [0.1, 0.15) is 6.04 Å². The highest BCUT2D eigenvalue weighted by atomic mass is 16.5. The summed E-state index contributed by atoms with van der Waals surface area (Å²) in [5.41, 5.74) is 1.12. The minimum Gasteiger partial charge on any atom is -0.375 e. The molecule has 1 fully saturated rings. The van der Waals surface area contributed by atoms with Crippen molar-refractivity contribution in [3.05, 3.63) is 48.6 Å². The molecule has 0 aromatic heterocycles. The van der Waals surface area contributed by atoms with Crippen molar-refractivity contribution in [2.45, 2.75) is 19.1 Å². The van der Waals surface area contributed by atoms with Gasteiger partial charge in [0.25, 0.3) is 0 Å². The van der Waals surface area contributed by atoms with Crippen molar-refractivity contribution in [1.29, 1.82) is 0 Å². The predicted octanol–water partition coefficient (Wildman–Crippen LogP) is 1.58. The molecule has 1 aliphatic heterocycles. The van der Waals surface area contributed by atoms with Gasteiger partial charge in [-0.25, -0.2) is 0 Å². The first-order valence-electron chi connectivity index (χ1n) is 7.06. The molecule has 20 heavy (non-hydrogen) atoms. The summed E-state index contributed by atoms with van der Waals surface area (Å²) in [5, 5.41) is 3.22. The minimum atomic E-state index is -0.225. The molecular formula is C16H22N2O2.